The molecule has 0 bridgehead atoms. The molecule has 0 fully saturated rings. The fourth-order valence-corrected chi connectivity index (χ4v) is 2.16. The number of aliphatic hydroxyl groups excluding tert-OH is 1. The fourth-order valence-electron chi connectivity index (χ4n) is 2.16. The molecule has 0 saturated heterocycles. The number of hydrogen-bond donors (Lipinski definition) is 1. The highest BCUT2D eigenvalue weighted by Crippen LogP contribution is 2.26. The third-order valence-electron chi connectivity index (χ3n) is 3.16. The van der Waals surface area contributed by atoms with Crippen LogP contribution in [0, 0.1) is 0 Å². The van der Waals surface area contributed by atoms with Crippen molar-refractivity contribution in [1.82, 2.24) is 14.6 Å². The van der Waals surface area contributed by atoms with Crippen LogP contribution in [0.2, 0.25) is 0 Å². The Morgan fingerprint density at radius 3 is 2.80 bits per heavy atom. The SMILES string of the molecule is CCOc1ccc(C(O)c2cnn3ccncc23)cc1. The largest absolute Gasteiger partial charge is 0.494 e. The van der Waals surface area contributed by atoms with Gasteiger partial charge in [0.1, 0.15) is 11.9 Å². The van der Waals surface area contributed by atoms with E-state index < -0.39 is 6.10 Å². The molecule has 0 amide bonds. The first-order valence-electron chi connectivity index (χ1n) is 6.47. The minimum atomic E-state index is -0.729. The molecule has 1 atom stereocenters. The molecular weight excluding hydrogens is 254 g/mol. The lowest BCUT2D eigenvalue weighted by Crippen LogP contribution is -2.00. The maximum absolute atomic E-state index is 10.5. The number of hydrogen-bond acceptors (Lipinski definition) is 4. The lowest BCUT2D eigenvalue weighted by atomic mass is 10.0. The van der Waals surface area contributed by atoms with Gasteiger partial charge in [-0.3, -0.25) is 4.98 Å². The first-order chi connectivity index (χ1) is 9.79. The zero-order chi connectivity index (χ0) is 13.9. The molecule has 0 spiro atoms. The van der Waals surface area contributed by atoms with Gasteiger partial charge in [-0.15, -0.1) is 0 Å². The lowest BCUT2D eigenvalue weighted by molar-refractivity contribution is 0.221. The van der Waals surface area contributed by atoms with Gasteiger partial charge in [0.05, 0.1) is 24.5 Å². The van der Waals surface area contributed by atoms with Crippen molar-refractivity contribution in [3.8, 4) is 5.75 Å². The number of aromatic nitrogens is 3. The van der Waals surface area contributed by atoms with Crippen molar-refractivity contribution in [3.63, 3.8) is 0 Å². The maximum Gasteiger partial charge on any atom is 0.119 e. The van der Waals surface area contributed by atoms with Gasteiger partial charge in [-0.1, -0.05) is 12.1 Å². The average molecular weight is 269 g/mol. The quantitative estimate of drug-likeness (QED) is 0.789. The number of fused-ring (bicyclic) bond motifs is 1. The van der Waals surface area contributed by atoms with Crippen LogP contribution >= 0.6 is 0 Å². The van der Waals surface area contributed by atoms with Crippen LogP contribution in [0.25, 0.3) is 5.52 Å². The van der Waals surface area contributed by atoms with E-state index in [0.29, 0.717) is 6.61 Å². The maximum atomic E-state index is 10.5. The molecule has 0 saturated carbocycles. The van der Waals surface area contributed by atoms with E-state index in [0.717, 1.165) is 22.4 Å². The van der Waals surface area contributed by atoms with Gasteiger partial charge in [-0.05, 0) is 24.6 Å². The zero-order valence-electron chi connectivity index (χ0n) is 11.1. The van der Waals surface area contributed by atoms with Gasteiger partial charge in [0, 0.05) is 18.0 Å². The number of benzene rings is 1. The molecule has 2 heterocycles. The standard InChI is InChI=1S/C15H15N3O2/c1-2-20-12-5-3-11(4-6-12)15(19)13-9-17-18-8-7-16-10-14(13)18/h3-10,15,19H,2H2,1H3. The predicted molar refractivity (Wildman–Crippen MR) is 74.7 cm³/mol. The monoisotopic (exact) mass is 269 g/mol. The number of rotatable bonds is 4. The van der Waals surface area contributed by atoms with Crippen LogP contribution in [0.1, 0.15) is 24.2 Å². The summed E-state index contributed by atoms with van der Waals surface area (Å²) in [7, 11) is 0. The molecule has 1 N–H and O–H groups in total. The molecule has 1 aromatic carbocycles. The first kappa shape index (κ1) is 12.6. The summed E-state index contributed by atoms with van der Waals surface area (Å²) in [4.78, 5) is 4.07. The molecule has 0 radical (unpaired) electrons. The Morgan fingerprint density at radius 1 is 1.25 bits per heavy atom. The Bertz CT molecular complexity index is 706. The molecule has 0 aliphatic carbocycles. The van der Waals surface area contributed by atoms with Crippen molar-refractivity contribution >= 4 is 5.52 Å². The minimum Gasteiger partial charge on any atom is -0.494 e. The van der Waals surface area contributed by atoms with Crippen LogP contribution < -0.4 is 4.74 Å². The van der Waals surface area contributed by atoms with Gasteiger partial charge >= 0.3 is 0 Å². The summed E-state index contributed by atoms with van der Waals surface area (Å²) in [5.74, 6) is 0.796. The molecule has 20 heavy (non-hydrogen) atoms. The van der Waals surface area contributed by atoms with Crippen molar-refractivity contribution in [2.24, 2.45) is 0 Å². The second-order valence-electron chi connectivity index (χ2n) is 4.41. The summed E-state index contributed by atoms with van der Waals surface area (Å²) in [5.41, 5.74) is 2.34. The van der Waals surface area contributed by atoms with Gasteiger partial charge in [-0.2, -0.15) is 5.10 Å². The van der Waals surface area contributed by atoms with Gasteiger partial charge in [0.25, 0.3) is 0 Å². The number of aliphatic hydroxyl groups is 1. The van der Waals surface area contributed by atoms with Crippen LogP contribution in [0.15, 0.2) is 49.1 Å². The summed E-state index contributed by atoms with van der Waals surface area (Å²) in [6, 6.07) is 7.42. The van der Waals surface area contributed by atoms with Crippen LogP contribution in [-0.2, 0) is 0 Å². The van der Waals surface area contributed by atoms with Crippen molar-refractivity contribution in [2.45, 2.75) is 13.0 Å². The van der Waals surface area contributed by atoms with E-state index in [1.54, 1.807) is 29.3 Å². The average Bonchev–Trinajstić information content (AvgIpc) is 2.92. The molecule has 5 heteroatoms. The molecule has 3 aromatic rings. The molecule has 5 nitrogen and oxygen atoms in total. The Labute approximate surface area is 116 Å². The van der Waals surface area contributed by atoms with Crippen molar-refractivity contribution in [2.75, 3.05) is 6.61 Å². The molecule has 0 aliphatic rings. The Balaban J connectivity index is 1.93. The Morgan fingerprint density at radius 2 is 2.05 bits per heavy atom. The molecule has 102 valence electrons. The van der Waals surface area contributed by atoms with Crippen LogP contribution in [0.5, 0.6) is 5.75 Å². The predicted octanol–water partition coefficient (Wildman–Crippen LogP) is 2.21. The van der Waals surface area contributed by atoms with Gasteiger partial charge in [0.15, 0.2) is 0 Å². The third kappa shape index (κ3) is 2.23. The summed E-state index contributed by atoms with van der Waals surface area (Å²) >= 11 is 0. The van der Waals surface area contributed by atoms with Gasteiger partial charge in [0.2, 0.25) is 0 Å². The highest BCUT2D eigenvalue weighted by molar-refractivity contribution is 5.55. The summed E-state index contributed by atoms with van der Waals surface area (Å²) in [5, 5.41) is 14.7. The second kappa shape index (κ2) is 5.30. The highest BCUT2D eigenvalue weighted by Gasteiger charge is 2.15. The zero-order valence-corrected chi connectivity index (χ0v) is 11.1. The Kier molecular flexibility index (Phi) is 3.35. The van der Waals surface area contributed by atoms with Crippen LogP contribution in [0.3, 0.4) is 0 Å². The fraction of sp³-hybridized carbons (Fsp3) is 0.200. The molecule has 3 rings (SSSR count). The van der Waals surface area contributed by atoms with Crippen molar-refractivity contribution in [3.05, 3.63) is 60.2 Å². The van der Waals surface area contributed by atoms with Crippen LogP contribution in [0.4, 0.5) is 0 Å². The van der Waals surface area contributed by atoms with E-state index in [1.165, 1.54) is 0 Å². The topological polar surface area (TPSA) is 59.7 Å². The van der Waals surface area contributed by atoms with Crippen molar-refractivity contribution in [1.29, 1.82) is 0 Å². The van der Waals surface area contributed by atoms with Gasteiger partial charge in [-0.25, -0.2) is 4.52 Å². The first-order valence-corrected chi connectivity index (χ1v) is 6.47. The van der Waals surface area contributed by atoms with Crippen molar-refractivity contribution < 1.29 is 9.84 Å². The molecular formula is C15H15N3O2. The summed E-state index contributed by atoms with van der Waals surface area (Å²) in [6.07, 6.45) is 6.04. The second-order valence-corrected chi connectivity index (χ2v) is 4.41. The van der Waals surface area contributed by atoms with E-state index in [9.17, 15) is 5.11 Å². The molecule has 1 unspecified atom stereocenters. The third-order valence-corrected chi connectivity index (χ3v) is 3.16. The summed E-state index contributed by atoms with van der Waals surface area (Å²) < 4.78 is 7.09. The Hall–Kier alpha value is -2.40. The number of ether oxygens (including phenoxy) is 1. The molecule has 2 aromatic heterocycles. The van der Waals surface area contributed by atoms with E-state index in [4.69, 9.17) is 4.74 Å². The smallest absolute Gasteiger partial charge is 0.119 e. The van der Waals surface area contributed by atoms with E-state index in [-0.39, 0.29) is 0 Å². The minimum absolute atomic E-state index is 0.627. The van der Waals surface area contributed by atoms with E-state index >= 15 is 0 Å². The molecule has 0 aliphatic heterocycles. The highest BCUT2D eigenvalue weighted by atomic mass is 16.5. The summed E-state index contributed by atoms with van der Waals surface area (Å²) in [6.45, 7) is 2.57. The number of nitrogens with zero attached hydrogens (tertiary/aromatic N) is 3. The normalized spacial score (nSPS) is 12.5. The lowest BCUT2D eigenvalue weighted by Gasteiger charge is -2.10. The van der Waals surface area contributed by atoms with E-state index in [1.807, 2.05) is 31.2 Å². The van der Waals surface area contributed by atoms with Gasteiger partial charge < -0.3 is 9.84 Å². The van der Waals surface area contributed by atoms with E-state index in [2.05, 4.69) is 10.1 Å². The van der Waals surface area contributed by atoms with Crippen LogP contribution in [-0.4, -0.2) is 26.3 Å².